The van der Waals surface area contributed by atoms with Gasteiger partial charge in [0.05, 0.1) is 11.0 Å². The Kier molecular flexibility index (Phi) is 4.97. The van der Waals surface area contributed by atoms with Crippen molar-refractivity contribution in [1.82, 2.24) is 5.32 Å². The van der Waals surface area contributed by atoms with E-state index in [-0.39, 0.29) is 23.5 Å². The van der Waals surface area contributed by atoms with Gasteiger partial charge in [0.15, 0.2) is 5.75 Å². The molecule has 7 heteroatoms. The molecular formula is C15H20N2O5. The molecule has 2 N–H and O–H groups in total. The number of nitrogens with zero attached hydrogens (tertiary/aromatic N) is 1. The van der Waals surface area contributed by atoms with Gasteiger partial charge in [0.1, 0.15) is 0 Å². The Morgan fingerprint density at radius 1 is 1.55 bits per heavy atom. The number of carbonyl (C=O) groups excluding carboxylic acids is 1. The van der Waals surface area contributed by atoms with Crippen molar-refractivity contribution < 1.29 is 19.6 Å². The maximum atomic E-state index is 12.1. The molecule has 1 heterocycles. The van der Waals surface area contributed by atoms with Gasteiger partial charge in [0.25, 0.3) is 5.91 Å². The molecule has 2 atom stereocenters. The number of hydrogen-bond donors (Lipinski definition) is 2. The molecule has 0 bridgehead atoms. The van der Waals surface area contributed by atoms with Gasteiger partial charge in [0.2, 0.25) is 0 Å². The van der Waals surface area contributed by atoms with Gasteiger partial charge in [-0.1, -0.05) is 13.8 Å². The highest BCUT2D eigenvalue weighted by atomic mass is 16.6. The van der Waals surface area contributed by atoms with Crippen molar-refractivity contribution in [3.8, 4) is 5.75 Å². The summed E-state index contributed by atoms with van der Waals surface area (Å²) in [5.74, 6) is -0.232. The van der Waals surface area contributed by atoms with Crippen molar-refractivity contribution in [2.45, 2.75) is 26.4 Å². The minimum absolute atomic E-state index is 0.130. The summed E-state index contributed by atoms with van der Waals surface area (Å²) in [6.45, 7) is 5.35. The molecule has 0 saturated carbocycles. The lowest BCUT2D eigenvalue weighted by molar-refractivity contribution is -0.385. The quantitative estimate of drug-likeness (QED) is 0.640. The molecular weight excluding hydrogens is 288 g/mol. The number of hydrogen-bond acceptors (Lipinski definition) is 5. The first-order valence-electron chi connectivity index (χ1n) is 7.27. The van der Waals surface area contributed by atoms with Crippen molar-refractivity contribution in [3.05, 3.63) is 33.9 Å². The number of benzene rings is 1. The Labute approximate surface area is 128 Å². The van der Waals surface area contributed by atoms with Crippen LogP contribution in [0.1, 0.15) is 30.6 Å². The minimum Gasteiger partial charge on any atom is -0.502 e. The Morgan fingerprint density at radius 2 is 2.27 bits per heavy atom. The van der Waals surface area contributed by atoms with E-state index in [2.05, 4.69) is 19.2 Å². The Balaban J connectivity index is 1.98. The van der Waals surface area contributed by atoms with E-state index >= 15 is 0 Å². The van der Waals surface area contributed by atoms with Crippen LogP contribution in [0.4, 0.5) is 5.69 Å². The largest absolute Gasteiger partial charge is 0.502 e. The van der Waals surface area contributed by atoms with Gasteiger partial charge in [-0.3, -0.25) is 14.9 Å². The standard InChI is InChI=1S/C15H20N2O5/c1-9(2)14-11(5-6-22-14)8-16-15(19)10-3-4-12(17(20)21)13(18)7-10/h3-4,7,9,11,14,18H,5-6,8H2,1-2H3,(H,16,19). The Hall–Kier alpha value is -2.15. The molecule has 1 aromatic rings. The fourth-order valence-corrected chi connectivity index (χ4v) is 2.76. The molecule has 7 nitrogen and oxygen atoms in total. The lowest BCUT2D eigenvalue weighted by atomic mass is 9.93. The lowest BCUT2D eigenvalue weighted by Gasteiger charge is -2.22. The topological polar surface area (TPSA) is 102 Å². The Morgan fingerprint density at radius 3 is 2.86 bits per heavy atom. The van der Waals surface area contributed by atoms with E-state index in [1.165, 1.54) is 6.07 Å². The van der Waals surface area contributed by atoms with Crippen LogP contribution in [0.2, 0.25) is 0 Å². The van der Waals surface area contributed by atoms with Gasteiger partial charge in [-0.05, 0) is 24.5 Å². The fourth-order valence-electron chi connectivity index (χ4n) is 2.76. The zero-order valence-corrected chi connectivity index (χ0v) is 12.6. The highest BCUT2D eigenvalue weighted by molar-refractivity contribution is 5.95. The second-order valence-corrected chi connectivity index (χ2v) is 5.80. The molecule has 2 unspecified atom stereocenters. The van der Waals surface area contributed by atoms with E-state index in [1.54, 1.807) is 0 Å². The first-order valence-corrected chi connectivity index (χ1v) is 7.27. The fraction of sp³-hybridized carbons (Fsp3) is 0.533. The molecule has 0 radical (unpaired) electrons. The number of phenolic OH excluding ortho intramolecular Hbond substituents is 1. The van der Waals surface area contributed by atoms with Crippen molar-refractivity contribution in [2.24, 2.45) is 11.8 Å². The van der Waals surface area contributed by atoms with Crippen LogP contribution in [0.15, 0.2) is 18.2 Å². The number of nitro benzene ring substituents is 1. The minimum atomic E-state index is -0.694. The average Bonchev–Trinajstić information content (AvgIpc) is 2.92. The molecule has 1 fully saturated rings. The summed E-state index contributed by atoms with van der Waals surface area (Å²) >= 11 is 0. The van der Waals surface area contributed by atoms with Gasteiger partial charge in [0, 0.05) is 30.7 Å². The number of carbonyl (C=O) groups is 1. The van der Waals surface area contributed by atoms with E-state index in [1.807, 2.05) is 0 Å². The normalized spacial score (nSPS) is 21.0. The summed E-state index contributed by atoms with van der Waals surface area (Å²) in [4.78, 5) is 22.0. The van der Waals surface area contributed by atoms with Crippen LogP contribution in [0, 0.1) is 22.0 Å². The molecule has 1 aliphatic heterocycles. The number of phenols is 1. The van der Waals surface area contributed by atoms with Crippen LogP contribution in [0.3, 0.4) is 0 Å². The molecule has 22 heavy (non-hydrogen) atoms. The summed E-state index contributed by atoms with van der Waals surface area (Å²) in [5, 5.41) is 23.0. The third-order valence-corrected chi connectivity index (χ3v) is 3.88. The average molecular weight is 308 g/mol. The molecule has 0 spiro atoms. The van der Waals surface area contributed by atoms with Gasteiger partial charge < -0.3 is 15.2 Å². The van der Waals surface area contributed by atoms with E-state index in [9.17, 15) is 20.0 Å². The monoisotopic (exact) mass is 308 g/mol. The number of aromatic hydroxyl groups is 1. The van der Waals surface area contributed by atoms with Gasteiger partial charge in [-0.15, -0.1) is 0 Å². The number of rotatable bonds is 5. The predicted molar refractivity (Wildman–Crippen MR) is 79.8 cm³/mol. The van der Waals surface area contributed by atoms with Crippen molar-refractivity contribution in [1.29, 1.82) is 0 Å². The first kappa shape index (κ1) is 16.2. The van der Waals surface area contributed by atoms with Crippen molar-refractivity contribution in [2.75, 3.05) is 13.2 Å². The summed E-state index contributed by atoms with van der Waals surface area (Å²) in [6.07, 6.45) is 1.03. The van der Waals surface area contributed by atoms with Crippen LogP contribution in [-0.4, -0.2) is 35.2 Å². The SMILES string of the molecule is CC(C)C1OCCC1CNC(=O)c1ccc([N+](=O)[O-])c(O)c1. The maximum Gasteiger partial charge on any atom is 0.310 e. The molecule has 120 valence electrons. The highest BCUT2D eigenvalue weighted by Crippen LogP contribution is 2.27. The van der Waals surface area contributed by atoms with Crippen molar-refractivity contribution in [3.63, 3.8) is 0 Å². The first-order chi connectivity index (χ1) is 10.4. The third-order valence-electron chi connectivity index (χ3n) is 3.88. The van der Waals surface area contributed by atoms with Gasteiger partial charge in [-0.2, -0.15) is 0 Å². The lowest BCUT2D eigenvalue weighted by Crippen LogP contribution is -2.34. The van der Waals surface area contributed by atoms with E-state index in [4.69, 9.17) is 4.74 Å². The molecule has 0 aromatic heterocycles. The summed E-state index contributed by atoms with van der Waals surface area (Å²) in [6, 6.07) is 3.57. The molecule has 2 rings (SSSR count). The molecule has 1 amide bonds. The highest BCUT2D eigenvalue weighted by Gasteiger charge is 2.30. The zero-order valence-electron chi connectivity index (χ0n) is 12.6. The van der Waals surface area contributed by atoms with Crippen LogP contribution in [0.5, 0.6) is 5.75 Å². The zero-order chi connectivity index (χ0) is 16.3. The second kappa shape index (κ2) is 6.74. The number of ether oxygens (including phenoxy) is 1. The van der Waals surface area contributed by atoms with Gasteiger partial charge >= 0.3 is 5.69 Å². The Bertz CT molecular complexity index is 573. The smallest absolute Gasteiger partial charge is 0.310 e. The van der Waals surface area contributed by atoms with E-state index in [0.717, 1.165) is 18.6 Å². The number of amides is 1. The second-order valence-electron chi connectivity index (χ2n) is 5.80. The summed E-state index contributed by atoms with van der Waals surface area (Å²) < 4.78 is 5.66. The molecule has 1 saturated heterocycles. The van der Waals surface area contributed by atoms with E-state index in [0.29, 0.717) is 19.1 Å². The summed E-state index contributed by atoms with van der Waals surface area (Å²) in [5.41, 5.74) is -0.219. The van der Waals surface area contributed by atoms with Crippen molar-refractivity contribution >= 4 is 11.6 Å². The third kappa shape index (κ3) is 3.54. The van der Waals surface area contributed by atoms with E-state index < -0.39 is 16.4 Å². The number of nitrogens with one attached hydrogen (secondary N) is 1. The van der Waals surface area contributed by atoms with Crippen LogP contribution < -0.4 is 5.32 Å². The maximum absolute atomic E-state index is 12.1. The molecule has 1 aliphatic rings. The van der Waals surface area contributed by atoms with Crippen LogP contribution in [-0.2, 0) is 4.74 Å². The predicted octanol–water partition coefficient (Wildman–Crippen LogP) is 2.09. The van der Waals surface area contributed by atoms with Crippen LogP contribution >= 0.6 is 0 Å². The molecule has 0 aliphatic carbocycles. The number of nitro groups is 1. The van der Waals surface area contributed by atoms with Crippen LogP contribution in [0.25, 0.3) is 0 Å². The van der Waals surface area contributed by atoms with Gasteiger partial charge in [-0.25, -0.2) is 0 Å². The summed E-state index contributed by atoms with van der Waals surface area (Å²) in [7, 11) is 0. The molecule has 1 aromatic carbocycles.